The highest BCUT2D eigenvalue weighted by atomic mass is 19.1. The molecule has 0 unspecified atom stereocenters. The molecule has 0 bridgehead atoms. The van der Waals surface area contributed by atoms with Crippen molar-refractivity contribution in [2.24, 2.45) is 0 Å². The van der Waals surface area contributed by atoms with Gasteiger partial charge in [-0.2, -0.15) is 0 Å². The fourth-order valence-electron chi connectivity index (χ4n) is 2.05. The zero-order valence-electron chi connectivity index (χ0n) is 11.2. The molecule has 0 heterocycles. The van der Waals surface area contributed by atoms with Crippen LogP contribution in [0.2, 0.25) is 0 Å². The van der Waals surface area contributed by atoms with Crippen LogP contribution in [0.3, 0.4) is 0 Å². The predicted octanol–water partition coefficient (Wildman–Crippen LogP) is 2.88. The van der Waals surface area contributed by atoms with E-state index >= 15 is 0 Å². The van der Waals surface area contributed by atoms with Crippen molar-refractivity contribution >= 4 is 18.1 Å². The van der Waals surface area contributed by atoms with Crippen LogP contribution in [-0.4, -0.2) is 17.5 Å². The zero-order chi connectivity index (χ0) is 15.2. The van der Waals surface area contributed by atoms with E-state index in [0.717, 1.165) is 11.1 Å². The third-order valence-corrected chi connectivity index (χ3v) is 3.12. The first-order chi connectivity index (χ1) is 10.1. The number of aryl methyl sites for hydroxylation is 2. The Morgan fingerprint density at radius 3 is 2.52 bits per heavy atom. The SMILES string of the molecule is O=CNc1cc(CCc2cccc(C(=O)O)c2)ccc1F. The van der Waals surface area contributed by atoms with E-state index in [0.29, 0.717) is 19.3 Å². The first-order valence-electron chi connectivity index (χ1n) is 6.41. The third-order valence-electron chi connectivity index (χ3n) is 3.12. The molecule has 0 aromatic heterocycles. The molecule has 4 nitrogen and oxygen atoms in total. The maximum Gasteiger partial charge on any atom is 0.335 e. The number of hydrogen-bond acceptors (Lipinski definition) is 2. The Morgan fingerprint density at radius 2 is 1.86 bits per heavy atom. The van der Waals surface area contributed by atoms with Gasteiger partial charge in [0.2, 0.25) is 6.41 Å². The molecule has 2 rings (SSSR count). The average molecular weight is 287 g/mol. The molecule has 0 aliphatic carbocycles. The Hall–Kier alpha value is -2.69. The van der Waals surface area contributed by atoms with Gasteiger partial charge in [0.1, 0.15) is 5.82 Å². The van der Waals surface area contributed by atoms with Gasteiger partial charge >= 0.3 is 5.97 Å². The minimum Gasteiger partial charge on any atom is -0.478 e. The van der Waals surface area contributed by atoms with Gasteiger partial charge < -0.3 is 10.4 Å². The van der Waals surface area contributed by atoms with E-state index < -0.39 is 11.8 Å². The van der Waals surface area contributed by atoms with Crippen LogP contribution in [0.15, 0.2) is 42.5 Å². The molecule has 5 heteroatoms. The average Bonchev–Trinajstić information content (AvgIpc) is 2.48. The fourth-order valence-corrected chi connectivity index (χ4v) is 2.05. The Labute approximate surface area is 121 Å². The van der Waals surface area contributed by atoms with Crippen LogP contribution in [0.25, 0.3) is 0 Å². The highest BCUT2D eigenvalue weighted by Crippen LogP contribution is 2.17. The van der Waals surface area contributed by atoms with Gasteiger partial charge in [0.05, 0.1) is 11.3 Å². The summed E-state index contributed by atoms with van der Waals surface area (Å²) in [5, 5.41) is 11.2. The largest absolute Gasteiger partial charge is 0.478 e. The van der Waals surface area contributed by atoms with Crippen molar-refractivity contribution in [3.05, 3.63) is 65.0 Å². The summed E-state index contributed by atoms with van der Waals surface area (Å²) in [5.74, 6) is -1.45. The van der Waals surface area contributed by atoms with E-state index in [-0.39, 0.29) is 11.3 Å². The molecule has 0 aliphatic heterocycles. The maximum absolute atomic E-state index is 13.4. The van der Waals surface area contributed by atoms with Crippen molar-refractivity contribution in [2.45, 2.75) is 12.8 Å². The molecule has 0 aliphatic rings. The second-order valence-corrected chi connectivity index (χ2v) is 4.58. The van der Waals surface area contributed by atoms with Crippen molar-refractivity contribution in [1.29, 1.82) is 0 Å². The molecule has 21 heavy (non-hydrogen) atoms. The number of rotatable bonds is 6. The number of aromatic carboxylic acids is 1. The van der Waals surface area contributed by atoms with E-state index in [1.54, 1.807) is 24.3 Å². The number of amides is 1. The van der Waals surface area contributed by atoms with E-state index in [1.807, 2.05) is 6.07 Å². The van der Waals surface area contributed by atoms with Crippen LogP contribution in [-0.2, 0) is 17.6 Å². The van der Waals surface area contributed by atoms with E-state index in [9.17, 15) is 14.0 Å². The summed E-state index contributed by atoms with van der Waals surface area (Å²) in [6.07, 6.45) is 1.68. The minimum atomic E-state index is -0.962. The van der Waals surface area contributed by atoms with Crippen molar-refractivity contribution in [2.75, 3.05) is 5.32 Å². The van der Waals surface area contributed by atoms with Gasteiger partial charge in [-0.1, -0.05) is 18.2 Å². The number of benzene rings is 2. The van der Waals surface area contributed by atoms with Crippen LogP contribution < -0.4 is 5.32 Å². The normalized spacial score (nSPS) is 10.1. The van der Waals surface area contributed by atoms with Crippen LogP contribution in [0, 0.1) is 5.82 Å². The number of halogens is 1. The molecule has 108 valence electrons. The molecule has 0 atom stereocenters. The van der Waals surface area contributed by atoms with Gasteiger partial charge in [0.25, 0.3) is 0 Å². The Kier molecular flexibility index (Phi) is 4.66. The summed E-state index contributed by atoms with van der Waals surface area (Å²) in [6, 6.07) is 11.2. The van der Waals surface area contributed by atoms with Crippen molar-refractivity contribution in [3.8, 4) is 0 Å². The summed E-state index contributed by atoms with van der Waals surface area (Å²) < 4.78 is 13.4. The summed E-state index contributed by atoms with van der Waals surface area (Å²) in [4.78, 5) is 21.3. The highest BCUT2D eigenvalue weighted by molar-refractivity contribution is 5.87. The monoisotopic (exact) mass is 287 g/mol. The first kappa shape index (κ1) is 14.7. The van der Waals surface area contributed by atoms with E-state index in [1.165, 1.54) is 12.1 Å². The molecular formula is C16H14FNO3. The summed E-state index contributed by atoms with van der Waals surface area (Å²) in [7, 11) is 0. The number of carbonyl (C=O) groups is 2. The van der Waals surface area contributed by atoms with Crippen LogP contribution in [0.1, 0.15) is 21.5 Å². The van der Waals surface area contributed by atoms with Crippen LogP contribution in [0.4, 0.5) is 10.1 Å². The molecule has 0 fully saturated rings. The lowest BCUT2D eigenvalue weighted by molar-refractivity contribution is -0.105. The predicted molar refractivity (Wildman–Crippen MR) is 76.9 cm³/mol. The summed E-state index contributed by atoms with van der Waals surface area (Å²) in [5.41, 5.74) is 2.14. The smallest absolute Gasteiger partial charge is 0.335 e. The van der Waals surface area contributed by atoms with Gasteiger partial charge in [-0.3, -0.25) is 4.79 Å². The van der Waals surface area contributed by atoms with Gasteiger partial charge in [-0.05, 0) is 48.2 Å². The fraction of sp³-hybridized carbons (Fsp3) is 0.125. The quantitative estimate of drug-likeness (QED) is 0.803. The lowest BCUT2D eigenvalue weighted by atomic mass is 10.0. The standard InChI is InChI=1S/C16H14FNO3/c17-14-7-6-12(9-15(14)18-10-19)5-4-11-2-1-3-13(8-11)16(20)21/h1-3,6-10H,4-5H2,(H,18,19)(H,20,21). The summed E-state index contributed by atoms with van der Waals surface area (Å²) in [6.45, 7) is 0. The van der Waals surface area contributed by atoms with Crippen molar-refractivity contribution < 1.29 is 19.1 Å². The Morgan fingerprint density at radius 1 is 1.14 bits per heavy atom. The molecule has 2 aromatic rings. The second kappa shape index (κ2) is 6.65. The number of carbonyl (C=O) groups excluding carboxylic acids is 1. The molecule has 1 amide bonds. The van der Waals surface area contributed by atoms with E-state index in [4.69, 9.17) is 5.11 Å². The highest BCUT2D eigenvalue weighted by Gasteiger charge is 2.05. The lowest BCUT2D eigenvalue weighted by Crippen LogP contribution is -2.00. The van der Waals surface area contributed by atoms with E-state index in [2.05, 4.69) is 5.32 Å². The summed E-state index contributed by atoms with van der Waals surface area (Å²) >= 11 is 0. The Balaban J connectivity index is 2.09. The second-order valence-electron chi connectivity index (χ2n) is 4.58. The molecular weight excluding hydrogens is 273 g/mol. The molecule has 2 N–H and O–H groups in total. The molecule has 2 aromatic carbocycles. The Bertz CT molecular complexity index is 670. The van der Waals surface area contributed by atoms with Crippen molar-refractivity contribution in [1.82, 2.24) is 0 Å². The maximum atomic E-state index is 13.4. The molecule has 0 spiro atoms. The van der Waals surface area contributed by atoms with Crippen LogP contribution >= 0.6 is 0 Å². The third kappa shape index (κ3) is 3.89. The van der Waals surface area contributed by atoms with Gasteiger partial charge in [0, 0.05) is 0 Å². The van der Waals surface area contributed by atoms with Crippen molar-refractivity contribution in [3.63, 3.8) is 0 Å². The van der Waals surface area contributed by atoms with Gasteiger partial charge in [0.15, 0.2) is 0 Å². The number of carboxylic acid groups (broad SMARTS) is 1. The number of carboxylic acids is 1. The van der Waals surface area contributed by atoms with Gasteiger partial charge in [-0.15, -0.1) is 0 Å². The van der Waals surface area contributed by atoms with Crippen LogP contribution in [0.5, 0.6) is 0 Å². The number of nitrogens with one attached hydrogen (secondary N) is 1. The molecule has 0 radical (unpaired) electrons. The number of hydrogen-bond donors (Lipinski definition) is 2. The zero-order valence-corrected chi connectivity index (χ0v) is 11.2. The van der Waals surface area contributed by atoms with Gasteiger partial charge in [-0.25, -0.2) is 9.18 Å². The lowest BCUT2D eigenvalue weighted by Gasteiger charge is -2.06. The molecule has 0 saturated carbocycles. The first-order valence-corrected chi connectivity index (χ1v) is 6.41. The number of anilines is 1. The minimum absolute atomic E-state index is 0.141. The topological polar surface area (TPSA) is 66.4 Å². The molecule has 0 saturated heterocycles.